The molecule has 1 aliphatic heterocycles. The lowest BCUT2D eigenvalue weighted by atomic mass is 10.0. The van der Waals surface area contributed by atoms with E-state index in [0.29, 0.717) is 6.42 Å². The Bertz CT molecular complexity index is 374. The predicted molar refractivity (Wildman–Crippen MR) is 60.2 cm³/mol. The van der Waals surface area contributed by atoms with Gasteiger partial charge in [0.15, 0.2) is 4.75 Å². The van der Waals surface area contributed by atoms with Crippen LogP contribution in [0.15, 0.2) is 0 Å². The summed E-state index contributed by atoms with van der Waals surface area (Å²) in [5.41, 5.74) is 0. The van der Waals surface area contributed by atoms with E-state index < -0.39 is 14.8 Å². The van der Waals surface area contributed by atoms with Gasteiger partial charge in [-0.25, -0.2) is 12.7 Å². The number of amides is 1. The van der Waals surface area contributed by atoms with Crippen LogP contribution < -0.4 is 0 Å². The Morgan fingerprint density at radius 2 is 2.00 bits per heavy atom. The highest BCUT2D eigenvalue weighted by molar-refractivity contribution is 7.94. The van der Waals surface area contributed by atoms with Crippen LogP contribution in [-0.4, -0.2) is 41.6 Å². The summed E-state index contributed by atoms with van der Waals surface area (Å²) in [7, 11) is -3.47. The molecule has 16 heavy (non-hydrogen) atoms. The van der Waals surface area contributed by atoms with Gasteiger partial charge in [-0.05, 0) is 26.2 Å². The number of carbonyl (C=O) groups excluding carboxylic acids is 1. The third-order valence-corrected chi connectivity index (χ3v) is 5.57. The van der Waals surface area contributed by atoms with Crippen molar-refractivity contribution in [1.29, 1.82) is 0 Å². The van der Waals surface area contributed by atoms with Gasteiger partial charge >= 0.3 is 0 Å². The molecule has 0 bridgehead atoms. The maximum atomic E-state index is 11.8. The number of aliphatic hydroxyl groups excluding tert-OH is 1. The van der Waals surface area contributed by atoms with Crippen LogP contribution in [0.4, 0.5) is 0 Å². The topological polar surface area (TPSA) is 74.7 Å². The molecular formula is C10H19NO4S. The second kappa shape index (κ2) is 4.33. The summed E-state index contributed by atoms with van der Waals surface area (Å²) < 4.78 is 23.2. The van der Waals surface area contributed by atoms with E-state index in [0.717, 1.165) is 10.7 Å². The Balaban J connectivity index is 2.74. The van der Waals surface area contributed by atoms with Crippen molar-refractivity contribution in [2.24, 2.45) is 5.92 Å². The summed E-state index contributed by atoms with van der Waals surface area (Å²) in [5.74, 6) is -0.302. The first-order valence-electron chi connectivity index (χ1n) is 5.46. The maximum absolute atomic E-state index is 11.8. The third-order valence-electron chi connectivity index (χ3n) is 3.22. The van der Waals surface area contributed by atoms with Gasteiger partial charge in [0.25, 0.3) is 15.9 Å². The van der Waals surface area contributed by atoms with Gasteiger partial charge in [-0.2, -0.15) is 0 Å². The Labute approximate surface area is 96.5 Å². The summed E-state index contributed by atoms with van der Waals surface area (Å²) >= 11 is 0. The zero-order chi connectivity index (χ0) is 12.6. The number of sulfonamides is 1. The van der Waals surface area contributed by atoms with Gasteiger partial charge in [0, 0.05) is 13.2 Å². The molecule has 0 saturated carbocycles. The third kappa shape index (κ3) is 1.84. The maximum Gasteiger partial charge on any atom is 0.258 e. The fraction of sp³-hybridized carbons (Fsp3) is 0.900. The lowest BCUT2D eigenvalue weighted by molar-refractivity contribution is -0.132. The van der Waals surface area contributed by atoms with E-state index in [1.165, 1.54) is 13.8 Å². The Morgan fingerprint density at radius 3 is 2.38 bits per heavy atom. The molecule has 0 radical (unpaired) electrons. The number of aliphatic hydroxyl groups is 1. The van der Waals surface area contributed by atoms with Crippen LogP contribution in [0.2, 0.25) is 0 Å². The second-order valence-corrected chi connectivity index (χ2v) is 7.05. The minimum Gasteiger partial charge on any atom is -0.396 e. The van der Waals surface area contributed by atoms with E-state index in [-0.39, 0.29) is 25.0 Å². The minimum atomic E-state index is -3.47. The van der Waals surface area contributed by atoms with Crippen LogP contribution in [0.3, 0.4) is 0 Å². The van der Waals surface area contributed by atoms with Crippen LogP contribution >= 0.6 is 0 Å². The van der Waals surface area contributed by atoms with Gasteiger partial charge < -0.3 is 5.11 Å². The SMILES string of the molecule is CCC(CCO)CN1C(=O)C(C)(C)S1(=O)=O. The monoisotopic (exact) mass is 249 g/mol. The zero-order valence-electron chi connectivity index (χ0n) is 9.93. The molecule has 1 unspecified atom stereocenters. The van der Waals surface area contributed by atoms with Crippen LogP contribution in [-0.2, 0) is 14.8 Å². The standard InChI is InChI=1S/C10H19NO4S/c1-4-8(5-6-12)7-11-9(13)10(2,3)16(11,14)15/h8,12H,4-7H2,1-3H3. The van der Waals surface area contributed by atoms with Crippen LogP contribution in [0, 0.1) is 5.92 Å². The molecule has 94 valence electrons. The number of carbonyl (C=O) groups is 1. The summed E-state index contributed by atoms with van der Waals surface area (Å²) in [6.45, 7) is 4.98. The van der Waals surface area contributed by atoms with Crippen LogP contribution in [0.5, 0.6) is 0 Å². The van der Waals surface area contributed by atoms with Gasteiger partial charge in [-0.1, -0.05) is 13.3 Å². The molecule has 1 atom stereocenters. The summed E-state index contributed by atoms with van der Waals surface area (Å²) in [4.78, 5) is 11.6. The average Bonchev–Trinajstić information content (AvgIpc) is 2.22. The molecule has 1 rings (SSSR count). The van der Waals surface area contributed by atoms with Crippen molar-refractivity contribution >= 4 is 15.9 Å². The smallest absolute Gasteiger partial charge is 0.258 e. The van der Waals surface area contributed by atoms with Gasteiger partial charge in [-0.3, -0.25) is 4.79 Å². The fourth-order valence-corrected chi connectivity index (χ4v) is 3.38. The number of hydrogen-bond donors (Lipinski definition) is 1. The molecule has 0 aromatic heterocycles. The molecule has 1 fully saturated rings. The molecule has 0 aromatic rings. The van der Waals surface area contributed by atoms with E-state index in [4.69, 9.17) is 5.11 Å². The van der Waals surface area contributed by atoms with E-state index in [9.17, 15) is 13.2 Å². The number of hydrogen-bond acceptors (Lipinski definition) is 4. The minimum absolute atomic E-state index is 0.0178. The fourth-order valence-electron chi connectivity index (χ4n) is 1.78. The number of rotatable bonds is 5. The molecule has 1 aliphatic rings. The lowest BCUT2D eigenvalue weighted by Gasteiger charge is -2.44. The summed E-state index contributed by atoms with van der Waals surface area (Å²) in [6, 6.07) is 0. The molecule has 0 aromatic carbocycles. The quantitative estimate of drug-likeness (QED) is 0.762. The molecule has 0 spiro atoms. The molecule has 6 heteroatoms. The average molecular weight is 249 g/mol. The van der Waals surface area contributed by atoms with Crippen LogP contribution in [0.25, 0.3) is 0 Å². The summed E-state index contributed by atoms with van der Waals surface area (Å²) in [6.07, 6.45) is 1.27. The molecule has 1 saturated heterocycles. The van der Waals surface area contributed by atoms with Crippen molar-refractivity contribution < 1.29 is 18.3 Å². The van der Waals surface area contributed by atoms with Gasteiger partial charge in [0.2, 0.25) is 0 Å². The highest BCUT2D eigenvalue weighted by Gasteiger charge is 2.60. The Kier molecular flexibility index (Phi) is 3.64. The van der Waals surface area contributed by atoms with Crippen molar-refractivity contribution in [3.05, 3.63) is 0 Å². The van der Waals surface area contributed by atoms with Gasteiger partial charge in [-0.15, -0.1) is 0 Å². The molecule has 0 aliphatic carbocycles. The van der Waals surface area contributed by atoms with Crippen molar-refractivity contribution in [2.75, 3.05) is 13.2 Å². The second-order valence-electron chi connectivity index (χ2n) is 4.64. The normalized spacial score (nSPS) is 24.0. The van der Waals surface area contributed by atoms with Gasteiger partial charge in [0.05, 0.1) is 0 Å². The first kappa shape index (κ1) is 13.4. The molecule has 1 N–H and O–H groups in total. The van der Waals surface area contributed by atoms with Crippen molar-refractivity contribution in [3.8, 4) is 0 Å². The first-order chi connectivity index (χ1) is 7.29. The molecule has 1 heterocycles. The van der Waals surface area contributed by atoms with E-state index in [1.807, 2.05) is 6.92 Å². The summed E-state index contributed by atoms with van der Waals surface area (Å²) in [5, 5.41) is 8.82. The Hall–Kier alpha value is -0.620. The molecular weight excluding hydrogens is 230 g/mol. The predicted octanol–water partition coefficient (Wildman–Crippen LogP) is 0.346. The zero-order valence-corrected chi connectivity index (χ0v) is 10.7. The Morgan fingerprint density at radius 1 is 1.44 bits per heavy atom. The van der Waals surface area contributed by atoms with E-state index in [1.54, 1.807) is 0 Å². The lowest BCUT2D eigenvalue weighted by Crippen LogP contribution is -2.67. The van der Waals surface area contributed by atoms with Crippen molar-refractivity contribution in [1.82, 2.24) is 4.31 Å². The highest BCUT2D eigenvalue weighted by atomic mass is 32.2. The van der Waals surface area contributed by atoms with Crippen molar-refractivity contribution in [3.63, 3.8) is 0 Å². The van der Waals surface area contributed by atoms with E-state index in [2.05, 4.69) is 0 Å². The van der Waals surface area contributed by atoms with Crippen LogP contribution in [0.1, 0.15) is 33.6 Å². The molecule has 1 amide bonds. The number of nitrogens with zero attached hydrogens (tertiary/aromatic N) is 1. The van der Waals surface area contributed by atoms with Crippen molar-refractivity contribution in [2.45, 2.75) is 38.4 Å². The highest BCUT2D eigenvalue weighted by Crippen LogP contribution is 2.35. The first-order valence-corrected chi connectivity index (χ1v) is 6.90. The largest absolute Gasteiger partial charge is 0.396 e. The molecule has 5 nitrogen and oxygen atoms in total. The van der Waals surface area contributed by atoms with E-state index >= 15 is 0 Å². The van der Waals surface area contributed by atoms with Gasteiger partial charge in [0.1, 0.15) is 0 Å².